The lowest BCUT2D eigenvalue weighted by Crippen LogP contribution is -2.25. The number of halogens is 1. The molecule has 0 fully saturated rings. The Bertz CT molecular complexity index is 1400. The number of aryl methyl sites for hydroxylation is 1. The zero-order chi connectivity index (χ0) is 20.1. The number of rotatable bonds is 4. The van der Waals surface area contributed by atoms with Crippen molar-refractivity contribution in [1.82, 2.24) is 24.3 Å². The molecule has 0 saturated carbocycles. The quantitative estimate of drug-likeness (QED) is 0.556. The van der Waals surface area contributed by atoms with Crippen molar-refractivity contribution in [2.75, 3.05) is 12.3 Å². The maximum Gasteiger partial charge on any atom is 0.291 e. The van der Waals surface area contributed by atoms with Gasteiger partial charge in [0, 0.05) is 24.6 Å². The highest BCUT2D eigenvalue weighted by Gasteiger charge is 2.19. The van der Waals surface area contributed by atoms with Crippen LogP contribution in [0.2, 0.25) is 0 Å². The van der Waals surface area contributed by atoms with Crippen LogP contribution >= 0.6 is 11.3 Å². The molecule has 0 unspecified atom stereocenters. The van der Waals surface area contributed by atoms with Crippen LogP contribution in [0.3, 0.4) is 0 Å². The van der Waals surface area contributed by atoms with E-state index in [1.807, 2.05) is 12.2 Å². The van der Waals surface area contributed by atoms with E-state index >= 15 is 0 Å². The third-order valence-electron chi connectivity index (χ3n) is 4.85. The van der Waals surface area contributed by atoms with Crippen molar-refractivity contribution < 1.29 is 4.39 Å². The van der Waals surface area contributed by atoms with Gasteiger partial charge in [-0.15, -0.1) is 11.3 Å². The number of anilines is 1. The van der Waals surface area contributed by atoms with Gasteiger partial charge in [0.25, 0.3) is 5.56 Å². The van der Waals surface area contributed by atoms with Gasteiger partial charge < -0.3 is 10.3 Å². The van der Waals surface area contributed by atoms with E-state index in [-0.39, 0.29) is 23.6 Å². The minimum Gasteiger partial charge on any atom is -0.384 e. The highest BCUT2D eigenvalue weighted by Crippen LogP contribution is 2.31. The average Bonchev–Trinajstić information content (AvgIpc) is 3.40. The molecule has 10 heteroatoms. The number of nitrogen functional groups attached to an aromatic ring is 1. The molecular weight excluding hydrogens is 393 g/mol. The Morgan fingerprint density at radius 3 is 2.97 bits per heavy atom. The van der Waals surface area contributed by atoms with E-state index in [0.717, 1.165) is 33.0 Å². The van der Waals surface area contributed by atoms with Crippen LogP contribution in [0.1, 0.15) is 10.7 Å². The van der Waals surface area contributed by atoms with Gasteiger partial charge >= 0.3 is 0 Å². The number of fused-ring (bicyclic) bond motifs is 3. The van der Waals surface area contributed by atoms with Crippen molar-refractivity contribution in [3.05, 3.63) is 57.4 Å². The Labute approximate surface area is 167 Å². The van der Waals surface area contributed by atoms with Crippen molar-refractivity contribution in [3.8, 4) is 0 Å². The van der Waals surface area contributed by atoms with Crippen molar-refractivity contribution in [1.29, 1.82) is 0 Å². The number of hydrogen-bond acceptors (Lipinski definition) is 7. The second kappa shape index (κ2) is 6.59. The first kappa shape index (κ1) is 17.7. The molecule has 0 radical (unpaired) electrons. The number of pyridine rings is 1. The number of hydrogen-bond donors (Lipinski definition) is 1. The summed E-state index contributed by atoms with van der Waals surface area (Å²) in [6.07, 6.45) is 6.32. The van der Waals surface area contributed by atoms with Gasteiger partial charge in [0.15, 0.2) is 5.65 Å². The van der Waals surface area contributed by atoms with Crippen molar-refractivity contribution in [2.45, 2.75) is 13.0 Å². The molecule has 5 rings (SSSR count). The molecule has 1 aliphatic rings. The third-order valence-corrected chi connectivity index (χ3v) is 5.93. The van der Waals surface area contributed by atoms with Crippen molar-refractivity contribution in [3.63, 3.8) is 0 Å². The summed E-state index contributed by atoms with van der Waals surface area (Å²) in [4.78, 5) is 26.1. The molecular formula is C19H16FN7OS. The van der Waals surface area contributed by atoms with Gasteiger partial charge in [-0.25, -0.2) is 19.0 Å². The maximum atomic E-state index is 14.0. The highest BCUT2D eigenvalue weighted by molar-refractivity contribution is 7.19. The van der Waals surface area contributed by atoms with Gasteiger partial charge in [0.1, 0.15) is 27.9 Å². The van der Waals surface area contributed by atoms with E-state index in [9.17, 15) is 9.18 Å². The number of aliphatic imine (C=N–C) groups is 1. The summed E-state index contributed by atoms with van der Waals surface area (Å²) in [5, 5.41) is 5.91. The number of nitrogens with zero attached hydrogens (tertiary/aromatic N) is 6. The van der Waals surface area contributed by atoms with E-state index in [1.165, 1.54) is 28.2 Å². The lowest BCUT2D eigenvalue weighted by atomic mass is 10.3. The van der Waals surface area contributed by atoms with Crippen LogP contribution < -0.4 is 11.3 Å². The molecule has 4 aromatic rings. The summed E-state index contributed by atoms with van der Waals surface area (Å²) in [6.45, 7) is 0.616. The monoisotopic (exact) mass is 409 g/mol. The molecule has 5 heterocycles. The van der Waals surface area contributed by atoms with Gasteiger partial charge in [0.05, 0.1) is 24.0 Å². The molecule has 0 aromatic carbocycles. The fourth-order valence-electron chi connectivity index (χ4n) is 3.46. The van der Waals surface area contributed by atoms with Crippen LogP contribution in [-0.2, 0) is 20.0 Å². The predicted molar refractivity (Wildman–Crippen MR) is 111 cm³/mol. The normalized spacial score (nSPS) is 13.7. The summed E-state index contributed by atoms with van der Waals surface area (Å²) in [5.74, 6) is -0.343. The summed E-state index contributed by atoms with van der Waals surface area (Å²) < 4.78 is 17.9. The molecule has 0 spiro atoms. The molecule has 0 aliphatic carbocycles. The lowest BCUT2D eigenvalue weighted by molar-refractivity contribution is 0.560. The first-order valence-corrected chi connectivity index (χ1v) is 9.77. The summed E-state index contributed by atoms with van der Waals surface area (Å²) in [6, 6.07) is 2.61. The largest absolute Gasteiger partial charge is 0.384 e. The molecule has 8 nitrogen and oxygen atoms in total. The molecule has 4 aromatic heterocycles. The maximum absolute atomic E-state index is 14.0. The molecule has 146 valence electrons. The van der Waals surface area contributed by atoms with Crippen LogP contribution in [0.25, 0.3) is 21.3 Å². The number of nitrogens with two attached hydrogens (primary N) is 1. The van der Waals surface area contributed by atoms with E-state index < -0.39 is 5.82 Å². The molecule has 1 aliphatic heterocycles. The second-order valence-corrected chi connectivity index (χ2v) is 7.85. The number of allylic oxidation sites excluding steroid dienone is 1. The third kappa shape index (κ3) is 2.92. The van der Waals surface area contributed by atoms with Gasteiger partial charge in [-0.05, 0) is 18.2 Å². The molecule has 0 bridgehead atoms. The van der Waals surface area contributed by atoms with Crippen LogP contribution in [0.4, 0.5) is 10.2 Å². The van der Waals surface area contributed by atoms with Gasteiger partial charge in [-0.3, -0.25) is 9.79 Å². The first-order chi connectivity index (χ1) is 14.0. The van der Waals surface area contributed by atoms with E-state index in [1.54, 1.807) is 17.8 Å². The smallest absolute Gasteiger partial charge is 0.291 e. The highest BCUT2D eigenvalue weighted by atomic mass is 32.1. The van der Waals surface area contributed by atoms with Crippen molar-refractivity contribution >= 4 is 44.1 Å². The minimum absolute atomic E-state index is 0.0702. The van der Waals surface area contributed by atoms with Crippen LogP contribution in [0.15, 0.2) is 40.3 Å². The van der Waals surface area contributed by atoms with Crippen molar-refractivity contribution in [2.24, 2.45) is 12.0 Å². The Kier molecular flexibility index (Phi) is 4.02. The van der Waals surface area contributed by atoms with Gasteiger partial charge in [-0.1, -0.05) is 6.08 Å². The Hall–Kier alpha value is -3.40. The van der Waals surface area contributed by atoms with Crippen LogP contribution in [0.5, 0.6) is 0 Å². The number of aromatic nitrogens is 5. The van der Waals surface area contributed by atoms with E-state index in [2.05, 4.69) is 15.1 Å². The Morgan fingerprint density at radius 1 is 1.31 bits per heavy atom. The molecule has 0 atom stereocenters. The van der Waals surface area contributed by atoms with Gasteiger partial charge in [0.2, 0.25) is 0 Å². The average molecular weight is 409 g/mol. The molecule has 2 N–H and O–H groups in total. The predicted octanol–water partition coefficient (Wildman–Crippen LogP) is 2.06. The second-order valence-electron chi connectivity index (χ2n) is 6.76. The molecule has 0 amide bonds. The van der Waals surface area contributed by atoms with Gasteiger partial charge in [-0.2, -0.15) is 5.10 Å². The van der Waals surface area contributed by atoms with E-state index in [0.29, 0.717) is 11.9 Å². The standard InChI is InChI=1S/C19H16FN7OS/c1-26-16-11(17-18(26)25-15(29-17)7-10-3-2-6-22-10)8-23-27(19(16)28)9-13-12(20)4-5-14(21)24-13/h2-5,8H,6-7,9H2,1H3,(H2,21,24). The van der Waals surface area contributed by atoms with Crippen LogP contribution in [-0.4, -0.2) is 36.6 Å². The molecule has 0 saturated heterocycles. The zero-order valence-corrected chi connectivity index (χ0v) is 16.3. The lowest BCUT2D eigenvalue weighted by Gasteiger charge is -2.06. The minimum atomic E-state index is -0.531. The Balaban J connectivity index is 1.58. The topological polar surface area (TPSA) is 104 Å². The number of thiazole rings is 1. The SMILES string of the molecule is Cn1c2nc(CC3=NCC=C3)sc2c2cnn(Cc3nc(N)ccc3F)c(=O)c21. The van der Waals surface area contributed by atoms with Crippen LogP contribution in [0, 0.1) is 5.82 Å². The Morgan fingerprint density at radius 2 is 2.17 bits per heavy atom. The summed E-state index contributed by atoms with van der Waals surface area (Å²) in [5.41, 5.74) is 7.58. The van der Waals surface area contributed by atoms with E-state index in [4.69, 9.17) is 10.7 Å². The fourth-order valence-corrected chi connectivity index (χ4v) is 4.58. The first-order valence-electron chi connectivity index (χ1n) is 8.96. The zero-order valence-electron chi connectivity index (χ0n) is 15.5. The fraction of sp³-hybridized carbons (Fsp3) is 0.211. The summed E-state index contributed by atoms with van der Waals surface area (Å²) >= 11 is 1.53. The summed E-state index contributed by atoms with van der Waals surface area (Å²) in [7, 11) is 1.80. The molecule has 29 heavy (non-hydrogen) atoms.